The SMILES string of the molecule is O=C(CSc1ncc(-c2cccc(Cl)c2)o1)Nc1ccc(Br)cc1. The Hall–Kier alpha value is -1.76. The molecule has 0 spiro atoms. The van der Waals surface area contributed by atoms with Crippen LogP contribution in [0.5, 0.6) is 0 Å². The van der Waals surface area contributed by atoms with E-state index in [0.29, 0.717) is 16.0 Å². The van der Waals surface area contributed by atoms with Crippen molar-refractivity contribution in [3.05, 3.63) is 64.2 Å². The molecule has 3 rings (SSSR count). The van der Waals surface area contributed by atoms with E-state index in [4.69, 9.17) is 16.0 Å². The molecule has 1 heterocycles. The number of thioether (sulfide) groups is 1. The highest BCUT2D eigenvalue weighted by atomic mass is 79.9. The molecule has 0 saturated carbocycles. The summed E-state index contributed by atoms with van der Waals surface area (Å²) < 4.78 is 6.61. The predicted octanol–water partition coefficient (Wildman–Crippen LogP) is 5.49. The smallest absolute Gasteiger partial charge is 0.256 e. The number of hydrogen-bond donors (Lipinski definition) is 1. The first kappa shape index (κ1) is 17.1. The number of oxazole rings is 1. The number of rotatable bonds is 5. The fraction of sp³-hybridized carbons (Fsp3) is 0.0588. The van der Waals surface area contributed by atoms with E-state index in [9.17, 15) is 4.79 Å². The average Bonchev–Trinajstić information content (AvgIpc) is 3.04. The second-order valence-corrected chi connectivity index (χ2v) is 7.12. The molecule has 0 aliphatic rings. The van der Waals surface area contributed by atoms with Gasteiger partial charge in [-0.1, -0.05) is 51.4 Å². The number of halogens is 2. The minimum Gasteiger partial charge on any atom is -0.431 e. The van der Waals surface area contributed by atoms with Gasteiger partial charge in [0.1, 0.15) is 0 Å². The van der Waals surface area contributed by atoms with Crippen molar-refractivity contribution in [3.8, 4) is 11.3 Å². The van der Waals surface area contributed by atoms with Crippen LogP contribution >= 0.6 is 39.3 Å². The van der Waals surface area contributed by atoms with Gasteiger partial charge in [-0.2, -0.15) is 0 Å². The van der Waals surface area contributed by atoms with Crippen molar-refractivity contribution in [2.24, 2.45) is 0 Å². The van der Waals surface area contributed by atoms with Crippen molar-refractivity contribution in [1.29, 1.82) is 0 Å². The monoisotopic (exact) mass is 422 g/mol. The molecule has 0 fully saturated rings. The second-order valence-electron chi connectivity index (χ2n) is 4.84. The molecular weight excluding hydrogens is 412 g/mol. The van der Waals surface area contributed by atoms with Gasteiger partial charge in [0.2, 0.25) is 5.91 Å². The summed E-state index contributed by atoms with van der Waals surface area (Å²) in [4.78, 5) is 16.1. The van der Waals surface area contributed by atoms with E-state index in [-0.39, 0.29) is 11.7 Å². The lowest BCUT2D eigenvalue weighted by atomic mass is 10.2. The molecule has 0 aliphatic heterocycles. The maximum Gasteiger partial charge on any atom is 0.256 e. The van der Waals surface area contributed by atoms with E-state index in [1.54, 1.807) is 18.3 Å². The van der Waals surface area contributed by atoms with Gasteiger partial charge in [-0.15, -0.1) is 0 Å². The van der Waals surface area contributed by atoms with Gasteiger partial charge < -0.3 is 9.73 Å². The number of anilines is 1. The molecule has 0 radical (unpaired) electrons. The highest BCUT2D eigenvalue weighted by Crippen LogP contribution is 2.27. The molecular formula is C17H12BrClN2O2S. The van der Waals surface area contributed by atoms with Crippen LogP contribution in [0.15, 0.2) is 68.8 Å². The van der Waals surface area contributed by atoms with Crippen molar-refractivity contribution in [2.75, 3.05) is 11.1 Å². The standard InChI is InChI=1S/C17H12BrClN2O2S/c18-12-4-6-14(7-5-12)21-16(22)10-24-17-20-9-15(23-17)11-2-1-3-13(19)8-11/h1-9H,10H2,(H,21,22). The van der Waals surface area contributed by atoms with Crippen LogP contribution in [0.2, 0.25) is 5.02 Å². The summed E-state index contributed by atoms with van der Waals surface area (Å²) in [7, 11) is 0. The molecule has 1 aromatic heterocycles. The third-order valence-corrected chi connectivity index (χ3v) is 4.65. The minimum atomic E-state index is -0.121. The second kappa shape index (κ2) is 7.88. The Morgan fingerprint density at radius 1 is 1.25 bits per heavy atom. The topological polar surface area (TPSA) is 55.1 Å². The maximum atomic E-state index is 12.0. The molecule has 7 heteroatoms. The van der Waals surface area contributed by atoms with Crippen LogP contribution in [0.1, 0.15) is 0 Å². The van der Waals surface area contributed by atoms with Gasteiger partial charge in [0.25, 0.3) is 5.22 Å². The lowest BCUT2D eigenvalue weighted by Crippen LogP contribution is -2.13. The average molecular weight is 424 g/mol. The molecule has 0 unspecified atom stereocenters. The van der Waals surface area contributed by atoms with Crippen LogP contribution in [-0.4, -0.2) is 16.6 Å². The molecule has 0 atom stereocenters. The predicted molar refractivity (Wildman–Crippen MR) is 100 cm³/mol. The van der Waals surface area contributed by atoms with Crippen LogP contribution in [0.25, 0.3) is 11.3 Å². The van der Waals surface area contributed by atoms with E-state index in [1.807, 2.05) is 36.4 Å². The number of benzene rings is 2. The molecule has 1 N–H and O–H groups in total. The van der Waals surface area contributed by atoms with Gasteiger partial charge in [-0.3, -0.25) is 4.79 Å². The number of aromatic nitrogens is 1. The van der Waals surface area contributed by atoms with E-state index in [2.05, 4.69) is 26.2 Å². The van der Waals surface area contributed by atoms with Gasteiger partial charge >= 0.3 is 0 Å². The van der Waals surface area contributed by atoms with Gasteiger partial charge in [0.15, 0.2) is 5.76 Å². The first-order valence-corrected chi connectivity index (χ1v) is 9.16. The molecule has 122 valence electrons. The largest absolute Gasteiger partial charge is 0.431 e. The third kappa shape index (κ3) is 4.63. The molecule has 1 amide bonds. The summed E-state index contributed by atoms with van der Waals surface area (Å²) in [6.07, 6.45) is 1.63. The highest BCUT2D eigenvalue weighted by Gasteiger charge is 2.10. The molecule has 24 heavy (non-hydrogen) atoms. The number of hydrogen-bond acceptors (Lipinski definition) is 4. The number of carbonyl (C=O) groups is 1. The molecule has 0 saturated heterocycles. The van der Waals surface area contributed by atoms with E-state index >= 15 is 0 Å². The first-order valence-electron chi connectivity index (χ1n) is 7.00. The third-order valence-electron chi connectivity index (χ3n) is 3.05. The fourth-order valence-corrected chi connectivity index (χ4v) is 3.01. The van der Waals surface area contributed by atoms with E-state index in [0.717, 1.165) is 15.7 Å². The van der Waals surface area contributed by atoms with Crippen LogP contribution < -0.4 is 5.32 Å². The number of carbonyl (C=O) groups excluding carboxylic acids is 1. The van der Waals surface area contributed by atoms with Crippen LogP contribution in [0.4, 0.5) is 5.69 Å². The molecule has 0 aliphatic carbocycles. The lowest BCUT2D eigenvalue weighted by Gasteiger charge is -2.03. The molecule has 3 aromatic rings. The van der Waals surface area contributed by atoms with Crippen LogP contribution in [0, 0.1) is 0 Å². The quantitative estimate of drug-likeness (QED) is 0.551. The van der Waals surface area contributed by atoms with Gasteiger partial charge in [0.05, 0.1) is 11.9 Å². The number of amides is 1. The Bertz CT molecular complexity index is 852. The fourth-order valence-electron chi connectivity index (χ4n) is 1.96. The van der Waals surface area contributed by atoms with E-state index in [1.165, 1.54) is 11.8 Å². The summed E-state index contributed by atoms with van der Waals surface area (Å²) in [5.74, 6) is 0.712. The Kier molecular flexibility index (Phi) is 5.60. The number of nitrogens with one attached hydrogen (secondary N) is 1. The minimum absolute atomic E-state index is 0.121. The van der Waals surface area contributed by atoms with E-state index < -0.39 is 0 Å². The summed E-state index contributed by atoms with van der Waals surface area (Å²) in [5.41, 5.74) is 1.59. The van der Waals surface area contributed by atoms with Crippen LogP contribution in [0.3, 0.4) is 0 Å². The maximum absolute atomic E-state index is 12.0. The van der Waals surface area contributed by atoms with Gasteiger partial charge in [0, 0.05) is 20.7 Å². The van der Waals surface area contributed by atoms with Crippen molar-refractivity contribution in [2.45, 2.75) is 5.22 Å². The molecule has 0 bridgehead atoms. The Balaban J connectivity index is 1.57. The van der Waals surface area contributed by atoms with Gasteiger partial charge in [-0.05, 0) is 36.4 Å². The Labute approximate surface area is 156 Å². The van der Waals surface area contributed by atoms with Crippen molar-refractivity contribution in [3.63, 3.8) is 0 Å². The normalized spacial score (nSPS) is 10.6. The summed E-state index contributed by atoms with van der Waals surface area (Å²) in [5, 5.41) is 3.89. The van der Waals surface area contributed by atoms with Crippen LogP contribution in [-0.2, 0) is 4.79 Å². The Morgan fingerprint density at radius 2 is 2.04 bits per heavy atom. The molecule has 2 aromatic carbocycles. The zero-order valence-electron chi connectivity index (χ0n) is 12.3. The summed E-state index contributed by atoms with van der Waals surface area (Å²) in [6, 6.07) is 14.7. The zero-order valence-corrected chi connectivity index (χ0v) is 15.5. The van der Waals surface area contributed by atoms with Crippen molar-refractivity contribution < 1.29 is 9.21 Å². The van der Waals surface area contributed by atoms with Gasteiger partial charge in [-0.25, -0.2) is 4.98 Å². The number of nitrogens with zero attached hydrogens (tertiary/aromatic N) is 1. The van der Waals surface area contributed by atoms with Crippen molar-refractivity contribution in [1.82, 2.24) is 4.98 Å². The lowest BCUT2D eigenvalue weighted by molar-refractivity contribution is -0.113. The van der Waals surface area contributed by atoms with Crippen molar-refractivity contribution >= 4 is 50.9 Å². The zero-order chi connectivity index (χ0) is 16.9. The summed E-state index contributed by atoms with van der Waals surface area (Å²) in [6.45, 7) is 0. The summed E-state index contributed by atoms with van der Waals surface area (Å²) >= 11 is 10.6. The first-order chi connectivity index (χ1) is 11.6. The Morgan fingerprint density at radius 3 is 2.79 bits per heavy atom. The highest BCUT2D eigenvalue weighted by molar-refractivity contribution is 9.10. The molecule has 4 nitrogen and oxygen atoms in total.